The number of benzene rings is 2. The quantitative estimate of drug-likeness (QED) is 0.211. The van der Waals surface area contributed by atoms with Gasteiger partial charge in [0.05, 0.1) is 22.2 Å². The van der Waals surface area contributed by atoms with Crippen LogP contribution < -0.4 is 0 Å². The van der Waals surface area contributed by atoms with E-state index in [4.69, 9.17) is 4.74 Å². The van der Waals surface area contributed by atoms with Crippen molar-refractivity contribution in [1.82, 2.24) is 14.4 Å². The van der Waals surface area contributed by atoms with Gasteiger partial charge >= 0.3 is 5.97 Å². The van der Waals surface area contributed by atoms with E-state index in [9.17, 15) is 18.7 Å². The van der Waals surface area contributed by atoms with Gasteiger partial charge in [0.2, 0.25) is 0 Å². The van der Waals surface area contributed by atoms with Gasteiger partial charge in [0.1, 0.15) is 5.75 Å². The lowest BCUT2D eigenvalue weighted by Crippen LogP contribution is -2.43. The Bertz CT molecular complexity index is 1350. The maximum Gasteiger partial charge on any atom is 0.340 e. The third-order valence-corrected chi connectivity index (χ3v) is 8.67. The molecule has 0 bridgehead atoms. The van der Waals surface area contributed by atoms with Gasteiger partial charge in [-0.3, -0.25) is 4.90 Å². The number of likely N-dealkylation sites (N-methyl/N-ethyl adjacent to an activating group) is 1. The Morgan fingerprint density at radius 3 is 2.44 bits per heavy atom. The number of carbonyl (C=O) groups is 1. The number of thioether (sulfide) groups is 1. The fourth-order valence-corrected chi connectivity index (χ4v) is 6.37. The molecule has 0 unspecified atom stereocenters. The number of fused-ring (bicyclic) bond motifs is 1. The first kappa shape index (κ1) is 32.0. The van der Waals surface area contributed by atoms with E-state index in [1.807, 2.05) is 6.07 Å². The molecule has 214 valence electrons. The minimum absolute atomic E-state index is 0. The minimum atomic E-state index is -0.901. The van der Waals surface area contributed by atoms with E-state index in [0.29, 0.717) is 38.2 Å². The van der Waals surface area contributed by atoms with Crippen LogP contribution in [0.3, 0.4) is 0 Å². The van der Waals surface area contributed by atoms with Crippen molar-refractivity contribution < 1.29 is 23.4 Å². The molecule has 1 saturated heterocycles. The zero-order chi connectivity index (χ0) is 26.3. The van der Waals surface area contributed by atoms with Crippen molar-refractivity contribution in [3.05, 3.63) is 57.2 Å². The zero-order valence-electron chi connectivity index (χ0n) is 21.7. The van der Waals surface area contributed by atoms with Crippen LogP contribution >= 0.6 is 52.5 Å². The topological polar surface area (TPSA) is 57.9 Å². The number of carbonyl (C=O) groups excluding carboxylic acids is 1. The fraction of sp³-hybridized carbons (Fsp3) is 0.444. The van der Waals surface area contributed by atoms with E-state index in [-0.39, 0.29) is 43.2 Å². The van der Waals surface area contributed by atoms with Crippen LogP contribution in [0.15, 0.2) is 33.6 Å². The first-order chi connectivity index (χ1) is 17.8. The van der Waals surface area contributed by atoms with Crippen LogP contribution in [-0.4, -0.2) is 65.3 Å². The molecule has 12 heteroatoms. The second-order valence-corrected chi connectivity index (χ2v) is 11.6. The van der Waals surface area contributed by atoms with Gasteiger partial charge in [-0.15, -0.1) is 36.6 Å². The number of piperazine rings is 1. The van der Waals surface area contributed by atoms with Gasteiger partial charge < -0.3 is 19.3 Å². The van der Waals surface area contributed by atoms with E-state index in [1.54, 1.807) is 13.0 Å². The maximum absolute atomic E-state index is 13.9. The van der Waals surface area contributed by atoms with Crippen molar-refractivity contribution in [2.45, 2.75) is 43.0 Å². The van der Waals surface area contributed by atoms with Crippen molar-refractivity contribution >= 4 is 69.4 Å². The Morgan fingerprint density at radius 1 is 1.13 bits per heavy atom. The van der Waals surface area contributed by atoms with Crippen LogP contribution in [0.4, 0.5) is 8.78 Å². The molecule has 2 heterocycles. The summed E-state index contributed by atoms with van der Waals surface area (Å²) >= 11 is 4.89. The molecular formula is C27H32BrCl2F2N3O3S. The van der Waals surface area contributed by atoms with Gasteiger partial charge in [0.25, 0.3) is 0 Å². The SMILES string of the molecule is CCOC(=O)c1c(CSc2ccc(F)c(F)c2)n(C2CC2)c2cc(Br)c(O)c(CN3CCN(C)CC3)c12.Cl.Cl. The molecule has 3 aromatic rings. The normalized spacial score (nSPS) is 16.1. The lowest BCUT2D eigenvalue weighted by atomic mass is 10.0. The fourth-order valence-electron chi connectivity index (χ4n) is 4.97. The third-order valence-electron chi connectivity index (χ3n) is 7.06. The summed E-state index contributed by atoms with van der Waals surface area (Å²) in [5, 5.41) is 11.9. The van der Waals surface area contributed by atoms with Crippen molar-refractivity contribution in [2.75, 3.05) is 39.8 Å². The third kappa shape index (κ3) is 6.68. The molecule has 0 amide bonds. The summed E-state index contributed by atoms with van der Waals surface area (Å²) in [5.41, 5.74) is 2.81. The molecule has 2 fully saturated rings. The number of nitrogens with zero attached hydrogens (tertiary/aromatic N) is 3. The molecular weight excluding hydrogens is 635 g/mol. The average Bonchev–Trinajstić information content (AvgIpc) is 3.66. The van der Waals surface area contributed by atoms with Gasteiger partial charge in [-0.05, 0) is 67.0 Å². The summed E-state index contributed by atoms with van der Waals surface area (Å²) < 4.78 is 35.7. The highest BCUT2D eigenvalue weighted by Crippen LogP contribution is 2.47. The molecule has 39 heavy (non-hydrogen) atoms. The summed E-state index contributed by atoms with van der Waals surface area (Å²) in [7, 11) is 2.09. The van der Waals surface area contributed by atoms with Crippen LogP contribution in [0.1, 0.15) is 47.4 Å². The molecule has 2 aliphatic rings. The number of phenols is 1. The molecule has 1 saturated carbocycles. The number of phenolic OH excluding ortho intramolecular Hbond substituents is 1. The number of aromatic nitrogens is 1. The number of rotatable bonds is 8. The first-order valence-corrected chi connectivity index (χ1v) is 14.3. The largest absolute Gasteiger partial charge is 0.506 e. The molecule has 1 aromatic heterocycles. The van der Waals surface area contributed by atoms with Crippen molar-refractivity contribution in [1.29, 1.82) is 0 Å². The Morgan fingerprint density at radius 2 is 1.82 bits per heavy atom. The summed E-state index contributed by atoms with van der Waals surface area (Å²) in [4.78, 5) is 18.6. The number of aromatic hydroxyl groups is 1. The lowest BCUT2D eigenvalue weighted by molar-refractivity contribution is 0.0527. The molecule has 1 aliphatic heterocycles. The predicted octanol–water partition coefficient (Wildman–Crippen LogP) is 6.78. The molecule has 5 rings (SSSR count). The van der Waals surface area contributed by atoms with E-state index in [2.05, 4.69) is 37.3 Å². The lowest BCUT2D eigenvalue weighted by Gasteiger charge is -2.32. The highest BCUT2D eigenvalue weighted by atomic mass is 79.9. The van der Waals surface area contributed by atoms with Gasteiger partial charge in [-0.1, -0.05) is 0 Å². The number of hydrogen-bond donors (Lipinski definition) is 1. The van der Waals surface area contributed by atoms with Crippen molar-refractivity contribution in [3.63, 3.8) is 0 Å². The highest BCUT2D eigenvalue weighted by molar-refractivity contribution is 9.10. The Kier molecular flexibility index (Phi) is 11.0. The number of esters is 1. The van der Waals surface area contributed by atoms with E-state index in [1.165, 1.54) is 17.8 Å². The zero-order valence-corrected chi connectivity index (χ0v) is 25.8. The van der Waals surface area contributed by atoms with E-state index in [0.717, 1.165) is 56.3 Å². The van der Waals surface area contributed by atoms with Crippen LogP contribution in [0, 0.1) is 11.6 Å². The smallest absolute Gasteiger partial charge is 0.340 e. The second kappa shape index (κ2) is 13.4. The molecule has 0 radical (unpaired) electrons. The highest BCUT2D eigenvalue weighted by Gasteiger charge is 2.35. The molecule has 1 aliphatic carbocycles. The van der Waals surface area contributed by atoms with Gasteiger partial charge in [-0.2, -0.15) is 0 Å². The van der Waals surface area contributed by atoms with Gasteiger partial charge in [0, 0.05) is 66.1 Å². The monoisotopic (exact) mass is 665 g/mol. The Hall–Kier alpha value is -1.56. The summed E-state index contributed by atoms with van der Waals surface area (Å²) in [6.07, 6.45) is 1.97. The van der Waals surface area contributed by atoms with Crippen LogP contribution in [0.2, 0.25) is 0 Å². The first-order valence-electron chi connectivity index (χ1n) is 12.5. The molecule has 1 N–H and O–H groups in total. The average molecular weight is 667 g/mol. The number of hydrogen-bond acceptors (Lipinski definition) is 6. The summed E-state index contributed by atoms with van der Waals surface area (Å²) in [6.45, 7) is 6.09. The Labute approximate surface area is 252 Å². The number of halogens is 5. The van der Waals surface area contributed by atoms with Crippen LogP contribution in [-0.2, 0) is 17.0 Å². The van der Waals surface area contributed by atoms with Crippen LogP contribution in [0.5, 0.6) is 5.75 Å². The molecule has 0 spiro atoms. The minimum Gasteiger partial charge on any atom is -0.506 e. The second-order valence-electron chi connectivity index (χ2n) is 9.67. The molecule has 0 atom stereocenters. The summed E-state index contributed by atoms with van der Waals surface area (Å²) in [6, 6.07) is 5.95. The van der Waals surface area contributed by atoms with Crippen molar-refractivity contribution in [3.8, 4) is 5.75 Å². The molecule has 2 aromatic carbocycles. The molecule has 6 nitrogen and oxygen atoms in total. The summed E-state index contributed by atoms with van der Waals surface area (Å²) in [5.74, 6) is -1.73. The van der Waals surface area contributed by atoms with Crippen molar-refractivity contribution in [2.24, 2.45) is 0 Å². The maximum atomic E-state index is 13.9. The van der Waals surface area contributed by atoms with Crippen LogP contribution in [0.25, 0.3) is 10.9 Å². The standard InChI is InChI=1S/C27H30BrF2N3O3S.2ClH/c1-3-36-27(35)25-23(15-37-17-6-7-20(29)21(30)12-17)33(16-4-5-16)22-13-19(28)26(34)18(24(22)25)14-32-10-8-31(2)9-11-32;;/h6-7,12-13,16,34H,3-5,8-11,14-15H2,1-2H3;2*1H. The van der Waals surface area contributed by atoms with Gasteiger partial charge in [-0.25, -0.2) is 13.6 Å². The Balaban J connectivity index is 0.00000210. The van der Waals surface area contributed by atoms with Gasteiger partial charge in [0.15, 0.2) is 11.6 Å². The van der Waals surface area contributed by atoms with E-state index < -0.39 is 17.6 Å². The predicted molar refractivity (Wildman–Crippen MR) is 159 cm³/mol. The van der Waals surface area contributed by atoms with E-state index >= 15 is 0 Å². The number of ether oxygens (including phenoxy) is 1.